The number of aromatic nitrogens is 1. The molecule has 0 unspecified atom stereocenters. The van der Waals surface area contributed by atoms with Gasteiger partial charge in [0, 0.05) is 32.1 Å². The number of hydrogen-bond donors (Lipinski definition) is 0. The van der Waals surface area contributed by atoms with Crippen molar-refractivity contribution in [3.63, 3.8) is 0 Å². The second kappa shape index (κ2) is 8.61. The minimum atomic E-state index is -3.51. The number of carbonyl (C=O) groups is 1. The second-order valence-electron chi connectivity index (χ2n) is 8.28. The Morgan fingerprint density at radius 1 is 1.03 bits per heavy atom. The largest absolute Gasteiger partial charge is 0.342 e. The van der Waals surface area contributed by atoms with E-state index in [0.29, 0.717) is 17.3 Å². The third kappa shape index (κ3) is 4.16. The average Bonchev–Trinajstić information content (AvgIpc) is 3.49. The summed E-state index contributed by atoms with van der Waals surface area (Å²) >= 11 is 2.95. The number of benzene rings is 1. The molecule has 0 aliphatic carbocycles. The van der Waals surface area contributed by atoms with Crippen molar-refractivity contribution >= 4 is 48.8 Å². The maximum absolute atomic E-state index is 13.4. The Balaban J connectivity index is 1.29. The number of sulfonamides is 1. The summed E-state index contributed by atoms with van der Waals surface area (Å²) in [6, 6.07) is 11.5. The van der Waals surface area contributed by atoms with E-state index >= 15 is 0 Å². The predicted molar refractivity (Wildman–Crippen MR) is 124 cm³/mol. The number of para-hydroxylation sites is 1. The zero-order valence-electron chi connectivity index (χ0n) is 17.1. The lowest BCUT2D eigenvalue weighted by atomic mass is 9.94. The molecule has 2 fully saturated rings. The Morgan fingerprint density at radius 2 is 1.87 bits per heavy atom. The van der Waals surface area contributed by atoms with E-state index in [2.05, 4.69) is 6.07 Å². The quantitative estimate of drug-likeness (QED) is 0.568. The van der Waals surface area contributed by atoms with Crippen molar-refractivity contribution < 1.29 is 13.2 Å². The lowest BCUT2D eigenvalue weighted by molar-refractivity contribution is -0.137. The van der Waals surface area contributed by atoms with Crippen LogP contribution in [0.3, 0.4) is 0 Å². The van der Waals surface area contributed by atoms with Gasteiger partial charge >= 0.3 is 0 Å². The van der Waals surface area contributed by atoms with Crippen molar-refractivity contribution in [1.82, 2.24) is 14.2 Å². The zero-order valence-corrected chi connectivity index (χ0v) is 19.6. The molecule has 164 valence electrons. The van der Waals surface area contributed by atoms with Gasteiger partial charge in [0.1, 0.15) is 4.21 Å². The van der Waals surface area contributed by atoms with Crippen LogP contribution in [0.5, 0.6) is 0 Å². The van der Waals surface area contributed by atoms with E-state index in [4.69, 9.17) is 4.98 Å². The number of thiophene rings is 1. The molecule has 0 radical (unpaired) electrons. The van der Waals surface area contributed by atoms with E-state index in [1.54, 1.807) is 28.8 Å². The molecular weight excluding hydrogens is 450 g/mol. The van der Waals surface area contributed by atoms with Crippen LogP contribution in [-0.4, -0.2) is 54.7 Å². The standard InChI is InChI=1S/C22H25N3O3S3/c26-22(17-7-4-12-25(15-17)31(27,28)20-10-5-13-29-20)24-11-3-6-16(14-24)21-23-18-8-1-2-9-19(18)30-21/h1-2,5,8-10,13,16-17H,3-4,6-7,11-12,14-15H2/t16-,17+/m1/s1. The summed E-state index contributed by atoms with van der Waals surface area (Å²) in [5.74, 6) is 0.0825. The highest BCUT2D eigenvalue weighted by molar-refractivity contribution is 7.91. The third-order valence-corrected chi connectivity index (χ3v) is 10.7. The van der Waals surface area contributed by atoms with Crippen LogP contribution in [0.15, 0.2) is 46.0 Å². The number of thiazole rings is 1. The predicted octanol–water partition coefficient (Wildman–Crippen LogP) is 4.16. The molecule has 2 aliphatic rings. The van der Waals surface area contributed by atoms with Gasteiger partial charge in [0.15, 0.2) is 0 Å². The summed E-state index contributed by atoms with van der Waals surface area (Å²) in [5, 5.41) is 2.87. The lowest BCUT2D eigenvalue weighted by Crippen LogP contribution is -2.48. The highest BCUT2D eigenvalue weighted by Crippen LogP contribution is 2.34. The minimum absolute atomic E-state index is 0.0943. The number of piperidine rings is 2. The molecule has 2 aromatic heterocycles. The number of carbonyl (C=O) groups excluding carboxylic acids is 1. The minimum Gasteiger partial charge on any atom is -0.342 e. The van der Waals surface area contributed by atoms with Crippen LogP contribution in [-0.2, 0) is 14.8 Å². The Morgan fingerprint density at radius 3 is 2.68 bits per heavy atom. The average molecular weight is 476 g/mol. The van der Waals surface area contributed by atoms with Crippen LogP contribution in [0, 0.1) is 5.92 Å². The topological polar surface area (TPSA) is 70.6 Å². The van der Waals surface area contributed by atoms with Crippen LogP contribution >= 0.6 is 22.7 Å². The van der Waals surface area contributed by atoms with Crippen LogP contribution in [0.1, 0.15) is 36.6 Å². The Bertz CT molecular complexity index is 1140. The maximum Gasteiger partial charge on any atom is 0.252 e. The molecule has 1 amide bonds. The molecule has 0 saturated carbocycles. The van der Waals surface area contributed by atoms with Crippen molar-refractivity contribution in [1.29, 1.82) is 0 Å². The molecule has 6 nitrogen and oxygen atoms in total. The number of fused-ring (bicyclic) bond motifs is 1. The molecule has 2 atom stereocenters. The molecule has 0 N–H and O–H groups in total. The molecule has 0 bridgehead atoms. The van der Waals surface area contributed by atoms with Gasteiger partial charge in [-0.25, -0.2) is 13.4 Å². The Kier molecular flexibility index (Phi) is 5.85. The van der Waals surface area contributed by atoms with Crippen molar-refractivity contribution in [2.75, 3.05) is 26.2 Å². The molecule has 31 heavy (non-hydrogen) atoms. The number of hydrogen-bond acceptors (Lipinski definition) is 6. The fourth-order valence-corrected chi connectivity index (χ4v) is 8.36. The van der Waals surface area contributed by atoms with E-state index in [0.717, 1.165) is 42.8 Å². The molecule has 3 aromatic rings. The smallest absolute Gasteiger partial charge is 0.252 e. The summed E-state index contributed by atoms with van der Waals surface area (Å²) in [7, 11) is -3.51. The van der Waals surface area contributed by atoms with Crippen LogP contribution < -0.4 is 0 Å². The summed E-state index contributed by atoms with van der Waals surface area (Å²) in [6.45, 7) is 2.18. The first kappa shape index (κ1) is 21.1. The molecule has 2 aliphatic heterocycles. The zero-order chi connectivity index (χ0) is 21.4. The lowest BCUT2D eigenvalue weighted by Gasteiger charge is -2.37. The monoisotopic (exact) mass is 475 g/mol. The first-order valence-electron chi connectivity index (χ1n) is 10.7. The molecule has 9 heteroatoms. The van der Waals surface area contributed by atoms with Gasteiger partial charge in [-0.05, 0) is 49.3 Å². The van der Waals surface area contributed by atoms with E-state index in [1.165, 1.54) is 20.3 Å². The van der Waals surface area contributed by atoms with Gasteiger partial charge in [0.05, 0.1) is 21.1 Å². The molecule has 5 rings (SSSR count). The SMILES string of the molecule is O=C([C@H]1CCCN(S(=O)(=O)c2cccs2)C1)N1CCC[C@@H](c2nc3ccccc3s2)C1. The summed E-state index contributed by atoms with van der Waals surface area (Å²) < 4.78 is 28.9. The van der Waals surface area contributed by atoms with Crippen molar-refractivity contribution in [2.24, 2.45) is 5.92 Å². The fraction of sp³-hybridized carbons (Fsp3) is 0.455. The Hall–Kier alpha value is -1.81. The molecule has 1 aromatic carbocycles. The van der Waals surface area contributed by atoms with Gasteiger partial charge in [0.25, 0.3) is 10.0 Å². The highest BCUT2D eigenvalue weighted by Gasteiger charge is 2.37. The van der Waals surface area contributed by atoms with E-state index in [9.17, 15) is 13.2 Å². The van der Waals surface area contributed by atoms with Crippen molar-refractivity contribution in [2.45, 2.75) is 35.8 Å². The van der Waals surface area contributed by atoms with Gasteiger partial charge < -0.3 is 4.90 Å². The highest BCUT2D eigenvalue weighted by atomic mass is 32.2. The van der Waals surface area contributed by atoms with Gasteiger partial charge in [-0.15, -0.1) is 22.7 Å². The second-order valence-corrected chi connectivity index (χ2v) is 12.5. The van der Waals surface area contributed by atoms with Gasteiger partial charge in [-0.3, -0.25) is 4.79 Å². The van der Waals surface area contributed by atoms with Crippen LogP contribution in [0.4, 0.5) is 0 Å². The summed E-state index contributed by atoms with van der Waals surface area (Å²) in [6.07, 6.45) is 3.46. The summed E-state index contributed by atoms with van der Waals surface area (Å²) in [5.41, 5.74) is 1.02. The third-order valence-electron chi connectivity index (χ3n) is 6.22. The molecule has 2 saturated heterocycles. The van der Waals surface area contributed by atoms with Gasteiger partial charge in [0.2, 0.25) is 5.91 Å². The van der Waals surface area contributed by atoms with E-state index in [-0.39, 0.29) is 24.3 Å². The number of nitrogens with zero attached hydrogens (tertiary/aromatic N) is 3. The van der Waals surface area contributed by atoms with Crippen molar-refractivity contribution in [3.05, 3.63) is 46.8 Å². The van der Waals surface area contributed by atoms with Crippen molar-refractivity contribution in [3.8, 4) is 0 Å². The maximum atomic E-state index is 13.4. The molecule has 0 spiro atoms. The number of rotatable bonds is 4. The van der Waals surface area contributed by atoms with E-state index in [1.807, 2.05) is 23.1 Å². The van der Waals surface area contributed by atoms with Crippen LogP contribution in [0.25, 0.3) is 10.2 Å². The van der Waals surface area contributed by atoms with E-state index < -0.39 is 10.0 Å². The Labute approximate surface area is 190 Å². The number of likely N-dealkylation sites (tertiary alicyclic amines) is 1. The van der Waals surface area contributed by atoms with Gasteiger partial charge in [-0.1, -0.05) is 18.2 Å². The first-order valence-corrected chi connectivity index (χ1v) is 13.8. The van der Waals surface area contributed by atoms with Gasteiger partial charge in [-0.2, -0.15) is 4.31 Å². The number of amides is 1. The molecular formula is C22H25N3O3S3. The first-order chi connectivity index (χ1) is 15.0. The summed E-state index contributed by atoms with van der Waals surface area (Å²) in [4.78, 5) is 20.1. The normalized spacial score (nSPS) is 23.3. The fourth-order valence-electron chi connectivity index (χ4n) is 4.60. The van der Waals surface area contributed by atoms with Crippen LogP contribution in [0.2, 0.25) is 0 Å². The molecule has 4 heterocycles.